The second-order valence-corrected chi connectivity index (χ2v) is 6.94. The van der Waals surface area contributed by atoms with Gasteiger partial charge >= 0.3 is 0 Å². The van der Waals surface area contributed by atoms with Crippen LogP contribution >= 0.6 is 11.6 Å². The maximum Gasteiger partial charge on any atom is 0.226 e. The number of amides is 1. The number of nitrogens with one attached hydrogen (secondary N) is 1. The lowest BCUT2D eigenvalue weighted by Crippen LogP contribution is -2.25. The summed E-state index contributed by atoms with van der Waals surface area (Å²) in [6.07, 6.45) is 2.17. The van der Waals surface area contributed by atoms with E-state index in [9.17, 15) is 4.79 Å². The molecule has 0 aliphatic carbocycles. The minimum absolute atomic E-state index is 0.0238. The first-order valence-electron chi connectivity index (χ1n) is 8.26. The van der Waals surface area contributed by atoms with Gasteiger partial charge in [-0.05, 0) is 50.2 Å². The van der Waals surface area contributed by atoms with Crippen LogP contribution in [0.25, 0.3) is 11.3 Å². The highest BCUT2D eigenvalue weighted by Crippen LogP contribution is 2.39. The molecule has 0 bridgehead atoms. The van der Waals surface area contributed by atoms with Gasteiger partial charge in [-0.3, -0.25) is 4.79 Å². The van der Waals surface area contributed by atoms with Crippen LogP contribution < -0.4 is 5.32 Å². The van der Waals surface area contributed by atoms with Crippen LogP contribution in [-0.4, -0.2) is 15.7 Å². The first kappa shape index (κ1) is 16.0. The molecule has 0 unspecified atom stereocenters. The minimum atomic E-state index is -0.127. The summed E-state index contributed by atoms with van der Waals surface area (Å²) < 4.78 is 7.90. The lowest BCUT2D eigenvalue weighted by molar-refractivity contribution is -0.116. The molecule has 128 valence electrons. The van der Waals surface area contributed by atoms with Gasteiger partial charge in [0, 0.05) is 28.6 Å². The third-order valence-corrected chi connectivity index (χ3v) is 4.69. The molecule has 4 rings (SSSR count). The van der Waals surface area contributed by atoms with E-state index in [0.717, 1.165) is 28.5 Å². The third kappa shape index (κ3) is 2.85. The highest BCUT2D eigenvalue weighted by atomic mass is 35.5. The predicted octanol–water partition coefficient (Wildman–Crippen LogP) is 4.85. The van der Waals surface area contributed by atoms with Gasteiger partial charge in [0.1, 0.15) is 17.3 Å². The molecule has 0 saturated heterocycles. The average molecular weight is 356 g/mol. The van der Waals surface area contributed by atoms with Crippen LogP contribution in [0, 0.1) is 0 Å². The van der Waals surface area contributed by atoms with E-state index in [0.29, 0.717) is 11.4 Å². The summed E-state index contributed by atoms with van der Waals surface area (Å²) in [5.41, 5.74) is 1.94. The maximum absolute atomic E-state index is 12.2. The Bertz CT molecular complexity index is 925. The van der Waals surface area contributed by atoms with Gasteiger partial charge in [0.25, 0.3) is 0 Å². The molecule has 1 aliphatic rings. The molecule has 1 amide bonds. The van der Waals surface area contributed by atoms with Crippen molar-refractivity contribution in [2.24, 2.45) is 0 Å². The van der Waals surface area contributed by atoms with Gasteiger partial charge in [0.2, 0.25) is 5.91 Å². The number of rotatable bonds is 3. The van der Waals surface area contributed by atoms with Crippen LogP contribution in [-0.2, 0) is 4.79 Å². The lowest BCUT2D eigenvalue weighted by Gasteiger charge is -2.23. The first-order chi connectivity index (χ1) is 12.0. The Morgan fingerprint density at radius 3 is 2.72 bits per heavy atom. The van der Waals surface area contributed by atoms with Crippen molar-refractivity contribution in [1.82, 2.24) is 9.78 Å². The van der Waals surface area contributed by atoms with Crippen molar-refractivity contribution in [3.63, 3.8) is 0 Å². The fourth-order valence-electron chi connectivity index (χ4n) is 3.19. The number of carbonyl (C=O) groups is 1. The molecule has 1 atom stereocenters. The number of hydrogen-bond donors (Lipinski definition) is 1. The van der Waals surface area contributed by atoms with E-state index in [1.54, 1.807) is 0 Å². The van der Waals surface area contributed by atoms with Gasteiger partial charge in [-0.2, -0.15) is 5.10 Å². The summed E-state index contributed by atoms with van der Waals surface area (Å²) in [7, 11) is 0. The maximum atomic E-state index is 12.2. The highest BCUT2D eigenvalue weighted by Gasteiger charge is 2.32. The molecule has 25 heavy (non-hydrogen) atoms. The normalized spacial score (nSPS) is 16.8. The number of carbonyl (C=O) groups excluding carboxylic acids is 1. The number of hydrogen-bond acceptors (Lipinski definition) is 3. The van der Waals surface area contributed by atoms with Crippen LogP contribution in [0.3, 0.4) is 0 Å². The average Bonchev–Trinajstić information content (AvgIpc) is 3.21. The number of benzene rings is 1. The van der Waals surface area contributed by atoms with Gasteiger partial charge in [-0.1, -0.05) is 11.6 Å². The first-order valence-corrected chi connectivity index (χ1v) is 8.63. The van der Waals surface area contributed by atoms with E-state index in [-0.39, 0.29) is 17.9 Å². The van der Waals surface area contributed by atoms with Crippen molar-refractivity contribution < 1.29 is 9.21 Å². The van der Waals surface area contributed by atoms with Gasteiger partial charge in [0.05, 0.1) is 12.1 Å². The molecule has 0 radical (unpaired) electrons. The van der Waals surface area contributed by atoms with Crippen molar-refractivity contribution >= 4 is 23.3 Å². The molecular formula is C19H18ClN3O2. The topological polar surface area (TPSA) is 60.1 Å². The van der Waals surface area contributed by atoms with Crippen LogP contribution in [0.1, 0.15) is 43.6 Å². The molecule has 1 aliphatic heterocycles. The Kier molecular flexibility index (Phi) is 3.88. The number of fused-ring (bicyclic) bond motifs is 1. The smallest absolute Gasteiger partial charge is 0.226 e. The van der Waals surface area contributed by atoms with E-state index in [2.05, 4.69) is 10.4 Å². The zero-order valence-corrected chi connectivity index (χ0v) is 14.7. The molecule has 2 aromatic heterocycles. The summed E-state index contributed by atoms with van der Waals surface area (Å²) in [6.45, 7) is 4.07. The monoisotopic (exact) mass is 355 g/mol. The van der Waals surface area contributed by atoms with Gasteiger partial charge in [-0.15, -0.1) is 0 Å². The molecule has 0 spiro atoms. The Balaban J connectivity index is 1.71. The Morgan fingerprint density at radius 1 is 1.24 bits per heavy atom. The number of nitrogens with zero attached hydrogens (tertiary/aromatic N) is 2. The van der Waals surface area contributed by atoms with Crippen LogP contribution in [0.15, 0.2) is 47.0 Å². The molecule has 6 heteroatoms. The summed E-state index contributed by atoms with van der Waals surface area (Å²) >= 11 is 5.94. The van der Waals surface area contributed by atoms with Gasteiger partial charge < -0.3 is 9.73 Å². The highest BCUT2D eigenvalue weighted by molar-refractivity contribution is 6.30. The molecule has 1 aromatic carbocycles. The Labute approximate surface area is 150 Å². The van der Waals surface area contributed by atoms with Crippen molar-refractivity contribution in [2.75, 3.05) is 5.32 Å². The SMILES string of the molecule is CC(C)n1ncc2c1NC(=O)C[C@H]2c1ccc(-c2ccc(Cl)cc2)o1. The molecule has 0 fully saturated rings. The standard InChI is InChI=1S/C19H18ClN3O2/c1-11(2)23-19-15(10-21-23)14(9-18(24)22-19)17-8-7-16(25-17)12-3-5-13(20)6-4-12/h3-8,10-11,14H,9H2,1-2H3,(H,22,24)/t14-/m1/s1. The second-order valence-electron chi connectivity index (χ2n) is 6.50. The second kappa shape index (κ2) is 6.08. The van der Waals surface area contributed by atoms with E-state index in [1.165, 1.54) is 0 Å². The zero-order chi connectivity index (χ0) is 17.6. The van der Waals surface area contributed by atoms with Gasteiger partial charge in [0.15, 0.2) is 0 Å². The fourth-order valence-corrected chi connectivity index (χ4v) is 3.32. The zero-order valence-electron chi connectivity index (χ0n) is 14.0. The lowest BCUT2D eigenvalue weighted by atomic mass is 9.92. The predicted molar refractivity (Wildman–Crippen MR) is 96.9 cm³/mol. The van der Waals surface area contributed by atoms with E-state index >= 15 is 0 Å². The van der Waals surface area contributed by atoms with E-state index in [4.69, 9.17) is 16.0 Å². The quantitative estimate of drug-likeness (QED) is 0.730. The van der Waals surface area contributed by atoms with Crippen molar-refractivity contribution in [2.45, 2.75) is 32.2 Å². The van der Waals surface area contributed by atoms with Crippen LogP contribution in [0.2, 0.25) is 5.02 Å². The van der Waals surface area contributed by atoms with Crippen LogP contribution in [0.5, 0.6) is 0 Å². The third-order valence-electron chi connectivity index (χ3n) is 4.43. The fraction of sp³-hybridized carbons (Fsp3) is 0.263. The largest absolute Gasteiger partial charge is 0.460 e. The van der Waals surface area contributed by atoms with Crippen molar-refractivity contribution in [1.29, 1.82) is 0 Å². The minimum Gasteiger partial charge on any atom is -0.460 e. The molecule has 3 heterocycles. The molecule has 1 N–H and O–H groups in total. The number of halogens is 1. The summed E-state index contributed by atoms with van der Waals surface area (Å²) in [4.78, 5) is 12.2. The summed E-state index contributed by atoms with van der Waals surface area (Å²) in [5.74, 6) is 2.14. The number of furan rings is 1. The molecular weight excluding hydrogens is 338 g/mol. The molecule has 0 saturated carbocycles. The molecule has 3 aromatic rings. The van der Waals surface area contributed by atoms with Crippen molar-refractivity contribution in [3.8, 4) is 11.3 Å². The van der Waals surface area contributed by atoms with Gasteiger partial charge in [-0.25, -0.2) is 4.68 Å². The Hall–Kier alpha value is -2.53. The molecule has 5 nitrogen and oxygen atoms in total. The van der Waals surface area contributed by atoms with Crippen LogP contribution in [0.4, 0.5) is 5.82 Å². The van der Waals surface area contributed by atoms with E-state index in [1.807, 2.05) is 61.1 Å². The van der Waals surface area contributed by atoms with E-state index < -0.39 is 0 Å². The summed E-state index contributed by atoms with van der Waals surface area (Å²) in [6, 6.07) is 11.5. The number of anilines is 1. The Morgan fingerprint density at radius 2 is 2.00 bits per heavy atom. The summed E-state index contributed by atoms with van der Waals surface area (Å²) in [5, 5.41) is 8.05. The van der Waals surface area contributed by atoms with Crippen molar-refractivity contribution in [3.05, 3.63) is 58.9 Å². The number of aromatic nitrogens is 2.